The summed E-state index contributed by atoms with van der Waals surface area (Å²) in [6.07, 6.45) is 5.78. The monoisotopic (exact) mass is 353 g/mol. The van der Waals surface area contributed by atoms with Gasteiger partial charge in [-0.25, -0.2) is 0 Å². The Morgan fingerprint density at radius 2 is 1.90 bits per heavy atom. The van der Waals surface area contributed by atoms with Crippen molar-refractivity contribution >= 4 is 27.4 Å². The number of hydrogen-bond donors (Lipinski definition) is 2. The highest BCUT2D eigenvalue weighted by molar-refractivity contribution is 9.10. The van der Waals surface area contributed by atoms with Gasteiger partial charge in [-0.05, 0) is 36.3 Å². The topological polar surface area (TPSA) is 63.3 Å². The van der Waals surface area contributed by atoms with E-state index in [4.69, 9.17) is 5.73 Å². The van der Waals surface area contributed by atoms with Crippen molar-refractivity contribution in [3.63, 3.8) is 0 Å². The molecule has 3 N–H and O–H groups in total. The molecule has 0 amide bonds. The van der Waals surface area contributed by atoms with Crippen molar-refractivity contribution in [2.24, 2.45) is 5.92 Å². The van der Waals surface area contributed by atoms with Crippen LogP contribution in [0.15, 0.2) is 12.1 Å². The van der Waals surface area contributed by atoms with Gasteiger partial charge in [-0.15, -0.1) is 0 Å². The number of Topliss-reactive ketones (excluding diaryl/α,β-unsaturated/α-hetero) is 1. The molecule has 1 aliphatic rings. The smallest absolute Gasteiger partial charge is 0.182 e. The van der Waals surface area contributed by atoms with Crippen LogP contribution >= 0.6 is 15.9 Å². The molecule has 21 heavy (non-hydrogen) atoms. The number of aromatic hydroxyl groups is 1. The number of carbonyl (C=O) groups is 1. The highest BCUT2D eigenvalue weighted by Crippen LogP contribution is 2.41. The highest BCUT2D eigenvalue weighted by atomic mass is 79.9. The molecule has 1 fully saturated rings. The zero-order valence-electron chi connectivity index (χ0n) is 12.7. The van der Waals surface area contributed by atoms with E-state index in [1.54, 1.807) is 6.07 Å². The summed E-state index contributed by atoms with van der Waals surface area (Å²) >= 11 is 3.42. The number of hydrogen-bond acceptors (Lipinski definition) is 3. The van der Waals surface area contributed by atoms with Gasteiger partial charge in [0, 0.05) is 5.69 Å². The van der Waals surface area contributed by atoms with Gasteiger partial charge in [0.15, 0.2) is 5.78 Å². The van der Waals surface area contributed by atoms with E-state index < -0.39 is 0 Å². The quantitative estimate of drug-likeness (QED) is 0.471. The van der Waals surface area contributed by atoms with E-state index in [9.17, 15) is 9.90 Å². The summed E-state index contributed by atoms with van der Waals surface area (Å²) in [6, 6.07) is 3.65. The van der Waals surface area contributed by atoms with Crippen molar-refractivity contribution in [1.29, 1.82) is 0 Å². The van der Waals surface area contributed by atoms with Crippen molar-refractivity contribution in [2.75, 3.05) is 5.73 Å². The lowest BCUT2D eigenvalue weighted by molar-refractivity contribution is 0.0976. The minimum Gasteiger partial charge on any atom is -0.507 e. The maximum Gasteiger partial charge on any atom is 0.182 e. The summed E-state index contributed by atoms with van der Waals surface area (Å²) in [4.78, 5) is 12.2. The molecular formula is C17H24BrNO2. The number of carbonyl (C=O) groups excluding carboxylic acids is 1. The van der Waals surface area contributed by atoms with Gasteiger partial charge in [0.25, 0.3) is 0 Å². The largest absolute Gasteiger partial charge is 0.507 e. The van der Waals surface area contributed by atoms with Crippen molar-refractivity contribution in [3.8, 4) is 5.75 Å². The molecule has 0 saturated heterocycles. The minimum absolute atomic E-state index is 0.0944. The average Bonchev–Trinajstić information content (AvgIpc) is 2.47. The Balaban J connectivity index is 2.39. The summed E-state index contributed by atoms with van der Waals surface area (Å²) in [5, 5.41) is 10.6. The second-order valence-electron chi connectivity index (χ2n) is 6.31. The van der Waals surface area contributed by atoms with Gasteiger partial charge in [0.1, 0.15) is 5.75 Å². The lowest BCUT2D eigenvalue weighted by atomic mass is 9.82. The first-order valence-electron chi connectivity index (χ1n) is 7.73. The first-order chi connectivity index (χ1) is 9.93. The number of ketones is 1. The minimum atomic E-state index is -0.327. The number of nitrogens with two attached hydrogens (primary N) is 1. The van der Waals surface area contributed by atoms with Gasteiger partial charge < -0.3 is 10.8 Å². The summed E-state index contributed by atoms with van der Waals surface area (Å²) in [5.41, 5.74) is 7.49. The molecule has 1 aromatic rings. The number of phenolic OH excluding ortho intramolecular Hbond substituents is 1. The molecule has 1 unspecified atom stereocenters. The van der Waals surface area contributed by atoms with Crippen LogP contribution in [0.4, 0.5) is 5.69 Å². The summed E-state index contributed by atoms with van der Waals surface area (Å²) in [6.45, 7) is 3.94. The van der Waals surface area contributed by atoms with E-state index in [1.165, 1.54) is 19.3 Å². The number of rotatable bonds is 4. The normalized spacial score (nSPS) is 17.9. The Hall–Kier alpha value is -1.03. The van der Waals surface area contributed by atoms with Crippen LogP contribution in [-0.4, -0.2) is 15.7 Å². The zero-order valence-corrected chi connectivity index (χ0v) is 14.3. The molecule has 116 valence electrons. The molecule has 0 spiro atoms. The van der Waals surface area contributed by atoms with Gasteiger partial charge in [0.05, 0.1) is 10.4 Å². The van der Waals surface area contributed by atoms with Gasteiger partial charge in [-0.1, -0.05) is 55.1 Å². The number of benzene rings is 1. The van der Waals surface area contributed by atoms with Crippen LogP contribution in [0.5, 0.6) is 5.75 Å². The Bertz CT molecular complexity index is 522. The molecule has 0 radical (unpaired) electrons. The Morgan fingerprint density at radius 1 is 1.29 bits per heavy atom. The van der Waals surface area contributed by atoms with Crippen LogP contribution in [0.2, 0.25) is 0 Å². The average molecular weight is 354 g/mol. The Kier molecular flexibility index (Phi) is 5.31. The second kappa shape index (κ2) is 6.82. The predicted molar refractivity (Wildman–Crippen MR) is 90.2 cm³/mol. The van der Waals surface area contributed by atoms with E-state index >= 15 is 0 Å². The lowest BCUT2D eigenvalue weighted by Gasteiger charge is -2.24. The first-order valence-corrected chi connectivity index (χ1v) is 8.64. The molecule has 0 aliphatic heterocycles. The number of halogens is 1. The van der Waals surface area contributed by atoms with Crippen LogP contribution in [0.25, 0.3) is 0 Å². The SMILES string of the molecule is CC(C)C(Br)C(=O)c1c(N)ccc(C2CCCCC2)c1O. The van der Waals surface area contributed by atoms with Gasteiger partial charge in [0.2, 0.25) is 0 Å². The summed E-state index contributed by atoms with van der Waals surface area (Å²) < 4.78 is 0. The molecule has 0 aromatic heterocycles. The van der Waals surface area contributed by atoms with Crippen molar-refractivity contribution in [2.45, 2.75) is 56.7 Å². The van der Waals surface area contributed by atoms with Crippen molar-refractivity contribution in [1.82, 2.24) is 0 Å². The fourth-order valence-electron chi connectivity index (χ4n) is 3.07. The predicted octanol–water partition coefficient (Wildman–Crippen LogP) is 4.62. The van der Waals surface area contributed by atoms with Crippen molar-refractivity contribution < 1.29 is 9.90 Å². The maximum absolute atomic E-state index is 12.6. The molecule has 1 aromatic carbocycles. The number of alkyl halides is 1. The van der Waals surface area contributed by atoms with Crippen LogP contribution in [0.3, 0.4) is 0 Å². The number of phenols is 1. The molecule has 0 heterocycles. The van der Waals surface area contributed by atoms with E-state index in [0.717, 1.165) is 18.4 Å². The van der Waals surface area contributed by atoms with Crippen molar-refractivity contribution in [3.05, 3.63) is 23.3 Å². The number of anilines is 1. The van der Waals surface area contributed by atoms with Gasteiger partial charge >= 0.3 is 0 Å². The third-order valence-corrected chi connectivity index (χ3v) is 5.84. The molecule has 4 heteroatoms. The van der Waals surface area contributed by atoms with E-state index in [2.05, 4.69) is 15.9 Å². The molecule has 2 rings (SSSR count). The Morgan fingerprint density at radius 3 is 2.48 bits per heavy atom. The first kappa shape index (κ1) is 16.3. The molecule has 1 aliphatic carbocycles. The third-order valence-electron chi connectivity index (χ3n) is 4.37. The second-order valence-corrected chi connectivity index (χ2v) is 7.30. The van der Waals surface area contributed by atoms with Crippen LogP contribution in [0, 0.1) is 5.92 Å². The van der Waals surface area contributed by atoms with E-state index in [1.807, 2.05) is 19.9 Å². The summed E-state index contributed by atoms with van der Waals surface area (Å²) in [7, 11) is 0. The van der Waals surface area contributed by atoms with Gasteiger partial charge in [-0.2, -0.15) is 0 Å². The molecule has 3 nitrogen and oxygen atoms in total. The van der Waals surface area contributed by atoms with Crippen LogP contribution in [0.1, 0.15) is 67.8 Å². The Labute approximate surface area is 135 Å². The fraction of sp³-hybridized carbons (Fsp3) is 0.588. The highest BCUT2D eigenvalue weighted by Gasteiger charge is 2.28. The lowest BCUT2D eigenvalue weighted by Crippen LogP contribution is -2.22. The third kappa shape index (κ3) is 3.42. The van der Waals surface area contributed by atoms with Crippen LogP contribution in [-0.2, 0) is 0 Å². The zero-order chi connectivity index (χ0) is 15.6. The molecule has 0 bridgehead atoms. The molecular weight excluding hydrogens is 330 g/mol. The maximum atomic E-state index is 12.6. The van der Waals surface area contributed by atoms with E-state index in [-0.39, 0.29) is 27.8 Å². The van der Waals surface area contributed by atoms with E-state index in [0.29, 0.717) is 11.6 Å². The van der Waals surface area contributed by atoms with Crippen LogP contribution < -0.4 is 5.73 Å². The number of nitrogen functional groups attached to an aromatic ring is 1. The molecule has 1 atom stereocenters. The van der Waals surface area contributed by atoms with Gasteiger partial charge in [-0.3, -0.25) is 4.79 Å². The summed E-state index contributed by atoms with van der Waals surface area (Å²) in [5.74, 6) is 0.461. The molecule has 1 saturated carbocycles. The fourth-order valence-corrected chi connectivity index (χ4v) is 3.29. The standard InChI is InChI=1S/C17H24BrNO2/c1-10(2)15(18)17(21)14-13(19)9-8-12(16(14)20)11-6-4-3-5-7-11/h8-11,15,20H,3-7,19H2,1-2H3.